The van der Waals surface area contributed by atoms with E-state index in [0.717, 1.165) is 5.69 Å². The van der Waals surface area contributed by atoms with Gasteiger partial charge in [-0.05, 0) is 10.8 Å². The fourth-order valence-electron chi connectivity index (χ4n) is 2.56. The van der Waals surface area contributed by atoms with Gasteiger partial charge in [0.25, 0.3) is 0 Å². The van der Waals surface area contributed by atoms with Gasteiger partial charge in [0.2, 0.25) is 0 Å². The highest BCUT2D eigenvalue weighted by molar-refractivity contribution is 5.11. The predicted molar refractivity (Wildman–Crippen MR) is 58.2 cm³/mol. The lowest BCUT2D eigenvalue weighted by molar-refractivity contribution is 0.167. The molecule has 0 unspecified atom stereocenters. The van der Waals surface area contributed by atoms with Gasteiger partial charge in [0.15, 0.2) is 0 Å². The Morgan fingerprint density at radius 1 is 1.07 bits per heavy atom. The molecule has 14 heavy (non-hydrogen) atoms. The van der Waals surface area contributed by atoms with Gasteiger partial charge < -0.3 is 4.52 Å². The van der Waals surface area contributed by atoms with Gasteiger partial charge in [-0.25, -0.2) is 0 Å². The van der Waals surface area contributed by atoms with Gasteiger partial charge in [0.05, 0.1) is 5.69 Å². The molecule has 0 spiro atoms. The third-order valence-electron chi connectivity index (χ3n) is 2.49. The zero-order chi connectivity index (χ0) is 11.0. The normalized spacial score (nSPS) is 13.6. The summed E-state index contributed by atoms with van der Waals surface area (Å²) < 4.78 is 4.94. The molecule has 0 aliphatic carbocycles. The van der Waals surface area contributed by atoms with Crippen LogP contribution in [-0.4, -0.2) is 5.16 Å². The van der Waals surface area contributed by atoms with Crippen molar-refractivity contribution >= 4 is 0 Å². The SMILES string of the molecule is CC(C)(C)C(c1ccon1)C(C)(C)C. The van der Waals surface area contributed by atoms with Crippen molar-refractivity contribution in [3.05, 3.63) is 18.0 Å². The van der Waals surface area contributed by atoms with Crippen molar-refractivity contribution in [2.45, 2.75) is 47.5 Å². The van der Waals surface area contributed by atoms with Crippen LogP contribution in [0.2, 0.25) is 0 Å². The van der Waals surface area contributed by atoms with E-state index in [4.69, 9.17) is 4.52 Å². The van der Waals surface area contributed by atoms with Crippen LogP contribution < -0.4 is 0 Å². The lowest BCUT2D eigenvalue weighted by Gasteiger charge is -2.39. The summed E-state index contributed by atoms with van der Waals surface area (Å²) >= 11 is 0. The Kier molecular flexibility index (Phi) is 2.75. The second kappa shape index (κ2) is 3.41. The van der Waals surface area contributed by atoms with Crippen molar-refractivity contribution in [3.63, 3.8) is 0 Å². The minimum atomic E-state index is 0.203. The average molecular weight is 195 g/mol. The van der Waals surface area contributed by atoms with Crippen molar-refractivity contribution in [1.29, 1.82) is 0 Å². The van der Waals surface area contributed by atoms with E-state index in [1.165, 1.54) is 0 Å². The van der Waals surface area contributed by atoms with E-state index in [1.807, 2.05) is 6.07 Å². The van der Waals surface area contributed by atoms with E-state index < -0.39 is 0 Å². The maximum atomic E-state index is 4.94. The van der Waals surface area contributed by atoms with E-state index in [-0.39, 0.29) is 10.8 Å². The van der Waals surface area contributed by atoms with Crippen LogP contribution in [0.3, 0.4) is 0 Å². The molecule has 0 atom stereocenters. The highest BCUT2D eigenvalue weighted by atomic mass is 16.5. The van der Waals surface area contributed by atoms with Crippen LogP contribution >= 0.6 is 0 Å². The van der Waals surface area contributed by atoms with Gasteiger partial charge in [0, 0.05) is 12.0 Å². The Morgan fingerprint density at radius 2 is 1.57 bits per heavy atom. The van der Waals surface area contributed by atoms with Crippen LogP contribution in [0.25, 0.3) is 0 Å². The third-order valence-corrected chi connectivity index (χ3v) is 2.49. The minimum Gasteiger partial charge on any atom is -0.365 e. The molecular weight excluding hydrogens is 174 g/mol. The second-order valence-electron chi connectivity index (χ2n) is 6.09. The van der Waals surface area contributed by atoms with E-state index in [1.54, 1.807) is 6.26 Å². The molecule has 0 aliphatic rings. The molecule has 0 amide bonds. The minimum absolute atomic E-state index is 0.203. The molecule has 1 heterocycles. The maximum absolute atomic E-state index is 4.94. The first-order valence-corrected chi connectivity index (χ1v) is 5.13. The van der Waals surface area contributed by atoms with Gasteiger partial charge in [0.1, 0.15) is 6.26 Å². The molecule has 80 valence electrons. The van der Waals surface area contributed by atoms with Gasteiger partial charge in [-0.2, -0.15) is 0 Å². The van der Waals surface area contributed by atoms with Gasteiger partial charge in [-0.15, -0.1) is 0 Å². The highest BCUT2D eigenvalue weighted by Crippen LogP contribution is 2.46. The standard InChI is InChI=1S/C12H21NO/c1-11(2,3)10(12(4,5)6)9-7-8-14-13-9/h7-8,10H,1-6H3. The van der Waals surface area contributed by atoms with Crippen molar-refractivity contribution in [2.75, 3.05) is 0 Å². The summed E-state index contributed by atoms with van der Waals surface area (Å²) in [4.78, 5) is 0. The van der Waals surface area contributed by atoms with E-state index in [2.05, 4.69) is 46.7 Å². The summed E-state index contributed by atoms with van der Waals surface area (Å²) in [6.07, 6.45) is 1.65. The number of aromatic nitrogens is 1. The fraction of sp³-hybridized carbons (Fsp3) is 0.750. The van der Waals surface area contributed by atoms with Crippen molar-refractivity contribution < 1.29 is 4.52 Å². The van der Waals surface area contributed by atoms with Crippen LogP contribution in [-0.2, 0) is 0 Å². The Hall–Kier alpha value is -0.790. The first kappa shape index (κ1) is 11.3. The van der Waals surface area contributed by atoms with Crippen molar-refractivity contribution in [1.82, 2.24) is 5.16 Å². The van der Waals surface area contributed by atoms with Crippen LogP contribution in [0.4, 0.5) is 0 Å². The molecule has 0 fully saturated rings. The maximum Gasteiger partial charge on any atom is 0.124 e. The number of nitrogens with zero attached hydrogens (tertiary/aromatic N) is 1. The predicted octanol–water partition coefficient (Wildman–Crippen LogP) is 3.85. The zero-order valence-corrected chi connectivity index (χ0v) is 10.1. The quantitative estimate of drug-likeness (QED) is 0.680. The van der Waals surface area contributed by atoms with Gasteiger partial charge in [-0.3, -0.25) is 0 Å². The number of rotatable bonds is 1. The molecule has 0 radical (unpaired) electrons. The molecule has 0 aliphatic heterocycles. The third kappa shape index (κ3) is 2.37. The molecule has 0 N–H and O–H groups in total. The summed E-state index contributed by atoms with van der Waals surface area (Å²) in [5.41, 5.74) is 1.47. The van der Waals surface area contributed by atoms with E-state index in [9.17, 15) is 0 Å². The smallest absolute Gasteiger partial charge is 0.124 e. The van der Waals surface area contributed by atoms with Crippen molar-refractivity contribution in [3.8, 4) is 0 Å². The Labute approximate surface area is 86.7 Å². The Morgan fingerprint density at radius 3 is 1.86 bits per heavy atom. The number of hydrogen-bond donors (Lipinski definition) is 0. The van der Waals surface area contributed by atoms with Crippen LogP contribution in [0, 0.1) is 10.8 Å². The molecule has 0 bridgehead atoms. The summed E-state index contributed by atoms with van der Waals surface area (Å²) in [7, 11) is 0. The Bertz CT molecular complexity index is 260. The molecule has 2 nitrogen and oxygen atoms in total. The van der Waals surface area contributed by atoms with Crippen LogP contribution in [0.5, 0.6) is 0 Å². The molecule has 1 rings (SSSR count). The summed E-state index contributed by atoms with van der Waals surface area (Å²) in [5, 5.41) is 4.07. The fourth-order valence-corrected chi connectivity index (χ4v) is 2.56. The molecule has 1 aromatic rings. The van der Waals surface area contributed by atoms with Crippen molar-refractivity contribution in [2.24, 2.45) is 10.8 Å². The van der Waals surface area contributed by atoms with E-state index in [0.29, 0.717) is 5.92 Å². The average Bonchev–Trinajstić information content (AvgIpc) is 2.31. The molecule has 0 aromatic carbocycles. The van der Waals surface area contributed by atoms with Crippen LogP contribution in [0.1, 0.15) is 53.2 Å². The summed E-state index contributed by atoms with van der Waals surface area (Å²) in [5.74, 6) is 0.411. The Balaban J connectivity index is 3.08. The first-order chi connectivity index (χ1) is 6.23. The molecular formula is C12H21NO. The van der Waals surface area contributed by atoms with Gasteiger partial charge in [-0.1, -0.05) is 46.7 Å². The number of hydrogen-bond acceptors (Lipinski definition) is 2. The second-order valence-corrected chi connectivity index (χ2v) is 6.09. The van der Waals surface area contributed by atoms with E-state index >= 15 is 0 Å². The summed E-state index contributed by atoms with van der Waals surface area (Å²) in [6.45, 7) is 13.5. The lowest BCUT2D eigenvalue weighted by Crippen LogP contribution is -2.30. The molecule has 0 saturated heterocycles. The first-order valence-electron chi connectivity index (χ1n) is 5.13. The lowest BCUT2D eigenvalue weighted by atomic mass is 9.65. The topological polar surface area (TPSA) is 26.0 Å². The largest absolute Gasteiger partial charge is 0.365 e. The van der Waals surface area contributed by atoms with Crippen LogP contribution in [0.15, 0.2) is 16.9 Å². The molecule has 2 heteroatoms. The van der Waals surface area contributed by atoms with Gasteiger partial charge >= 0.3 is 0 Å². The molecule has 1 aromatic heterocycles. The monoisotopic (exact) mass is 195 g/mol. The zero-order valence-electron chi connectivity index (χ0n) is 10.1. The summed E-state index contributed by atoms with van der Waals surface area (Å²) in [6, 6.07) is 1.97. The highest BCUT2D eigenvalue weighted by Gasteiger charge is 2.37. The molecule has 0 saturated carbocycles.